The molecule has 0 radical (unpaired) electrons. The average molecular weight is 259 g/mol. The Morgan fingerprint density at radius 3 is 2.28 bits per heavy atom. The lowest BCUT2D eigenvalue weighted by Crippen LogP contribution is -2.37. The van der Waals surface area contributed by atoms with Crippen LogP contribution in [0.5, 0.6) is 0 Å². The maximum Gasteiger partial charge on any atom is 0.310 e. The minimum atomic E-state index is -0.927. The molecule has 0 aliphatic carbocycles. The number of amides is 1. The summed E-state index contributed by atoms with van der Waals surface area (Å²) in [7, 11) is 0. The number of hydrogen-bond donors (Lipinski definition) is 2. The highest BCUT2D eigenvalue weighted by Crippen LogP contribution is 2.30. The summed E-state index contributed by atoms with van der Waals surface area (Å²) in [5.74, 6) is -1.09. The van der Waals surface area contributed by atoms with Gasteiger partial charge in [-0.15, -0.1) is 0 Å². The van der Waals surface area contributed by atoms with Crippen LogP contribution in [0.15, 0.2) is 0 Å². The number of rotatable bonds is 10. The number of nitrogens with one attached hydrogen (secondary N) is 1. The zero-order valence-electron chi connectivity index (χ0n) is 11.6. The number of carboxylic acid groups (broad SMARTS) is 1. The third-order valence-corrected chi connectivity index (χ3v) is 3.30. The van der Waals surface area contributed by atoms with Crippen molar-refractivity contribution >= 4 is 11.9 Å². The zero-order valence-corrected chi connectivity index (χ0v) is 11.6. The van der Waals surface area contributed by atoms with E-state index in [0.717, 1.165) is 6.42 Å². The van der Waals surface area contributed by atoms with Crippen LogP contribution in [-0.2, 0) is 14.3 Å². The molecule has 0 rings (SSSR count). The lowest BCUT2D eigenvalue weighted by Gasteiger charge is -2.25. The molecule has 5 heteroatoms. The Kier molecular flexibility index (Phi) is 8.37. The molecule has 0 aromatic carbocycles. The van der Waals surface area contributed by atoms with Crippen LogP contribution in [0.4, 0.5) is 0 Å². The highest BCUT2D eigenvalue weighted by molar-refractivity contribution is 5.84. The van der Waals surface area contributed by atoms with Gasteiger partial charge >= 0.3 is 5.97 Å². The van der Waals surface area contributed by atoms with Crippen LogP contribution < -0.4 is 5.32 Å². The van der Waals surface area contributed by atoms with Gasteiger partial charge in [-0.3, -0.25) is 9.59 Å². The van der Waals surface area contributed by atoms with Gasteiger partial charge in [0.2, 0.25) is 5.91 Å². The second-order valence-electron chi connectivity index (χ2n) is 4.37. The Morgan fingerprint density at radius 1 is 1.22 bits per heavy atom. The third kappa shape index (κ3) is 5.49. The number of hydrogen-bond acceptors (Lipinski definition) is 3. The van der Waals surface area contributed by atoms with E-state index >= 15 is 0 Å². The quantitative estimate of drug-likeness (QED) is 0.587. The molecule has 5 nitrogen and oxygen atoms in total. The Bertz CT molecular complexity index is 262. The van der Waals surface area contributed by atoms with Crippen LogP contribution in [0.3, 0.4) is 0 Å². The van der Waals surface area contributed by atoms with Gasteiger partial charge in [0.1, 0.15) is 0 Å². The van der Waals surface area contributed by atoms with E-state index in [0.29, 0.717) is 32.6 Å². The largest absolute Gasteiger partial charge is 0.481 e. The molecule has 0 aromatic heterocycles. The fourth-order valence-corrected chi connectivity index (χ4v) is 1.79. The summed E-state index contributed by atoms with van der Waals surface area (Å²) < 4.78 is 5.15. The van der Waals surface area contributed by atoms with Crippen molar-refractivity contribution in [2.45, 2.75) is 46.5 Å². The van der Waals surface area contributed by atoms with Crippen molar-refractivity contribution < 1.29 is 19.4 Å². The zero-order chi connectivity index (χ0) is 14.0. The minimum absolute atomic E-state index is 0.0456. The second-order valence-corrected chi connectivity index (χ2v) is 4.37. The van der Waals surface area contributed by atoms with Gasteiger partial charge in [-0.1, -0.05) is 13.8 Å². The molecule has 0 aliphatic rings. The molecule has 0 atom stereocenters. The van der Waals surface area contributed by atoms with Gasteiger partial charge < -0.3 is 15.2 Å². The van der Waals surface area contributed by atoms with Gasteiger partial charge in [0.05, 0.1) is 5.41 Å². The predicted molar refractivity (Wildman–Crippen MR) is 69.4 cm³/mol. The molecule has 0 saturated carbocycles. The van der Waals surface area contributed by atoms with E-state index in [-0.39, 0.29) is 12.3 Å². The molecule has 0 spiro atoms. The van der Waals surface area contributed by atoms with Crippen LogP contribution in [0, 0.1) is 5.41 Å². The molecule has 0 aliphatic heterocycles. The van der Waals surface area contributed by atoms with E-state index < -0.39 is 11.4 Å². The Morgan fingerprint density at radius 2 is 1.83 bits per heavy atom. The molecule has 0 heterocycles. The maximum atomic E-state index is 11.7. The van der Waals surface area contributed by atoms with Gasteiger partial charge in [0.15, 0.2) is 0 Å². The summed E-state index contributed by atoms with van der Waals surface area (Å²) in [6, 6.07) is 0. The summed E-state index contributed by atoms with van der Waals surface area (Å²) >= 11 is 0. The smallest absolute Gasteiger partial charge is 0.310 e. The number of carbonyl (C=O) groups excluding carboxylic acids is 1. The lowest BCUT2D eigenvalue weighted by atomic mass is 9.79. The van der Waals surface area contributed by atoms with Gasteiger partial charge in [0.25, 0.3) is 0 Å². The monoisotopic (exact) mass is 259 g/mol. The van der Waals surface area contributed by atoms with E-state index in [1.807, 2.05) is 6.92 Å². The van der Waals surface area contributed by atoms with Gasteiger partial charge in [-0.25, -0.2) is 0 Å². The SMILES string of the molecule is CCOCCCNC(=O)CC(CC)(CC)C(=O)O. The first-order valence-electron chi connectivity index (χ1n) is 6.60. The normalized spacial score (nSPS) is 11.3. The van der Waals surface area contributed by atoms with Crippen LogP contribution in [-0.4, -0.2) is 36.7 Å². The molecule has 0 saturated heterocycles. The first-order valence-corrected chi connectivity index (χ1v) is 6.60. The van der Waals surface area contributed by atoms with E-state index in [1.54, 1.807) is 13.8 Å². The van der Waals surface area contributed by atoms with Gasteiger partial charge in [-0.05, 0) is 26.2 Å². The number of ether oxygens (including phenoxy) is 1. The fraction of sp³-hybridized carbons (Fsp3) is 0.846. The fourth-order valence-electron chi connectivity index (χ4n) is 1.79. The molecule has 0 unspecified atom stereocenters. The van der Waals surface area contributed by atoms with Crippen molar-refractivity contribution in [1.82, 2.24) is 5.32 Å². The highest BCUT2D eigenvalue weighted by atomic mass is 16.5. The lowest BCUT2D eigenvalue weighted by molar-refractivity contribution is -0.152. The molecule has 1 amide bonds. The van der Waals surface area contributed by atoms with Crippen molar-refractivity contribution in [1.29, 1.82) is 0 Å². The first kappa shape index (κ1) is 16.9. The van der Waals surface area contributed by atoms with Crippen LogP contribution >= 0.6 is 0 Å². The van der Waals surface area contributed by atoms with Gasteiger partial charge in [0, 0.05) is 26.2 Å². The summed E-state index contributed by atoms with van der Waals surface area (Å²) in [6.45, 7) is 7.34. The topological polar surface area (TPSA) is 75.6 Å². The van der Waals surface area contributed by atoms with Crippen molar-refractivity contribution in [2.75, 3.05) is 19.8 Å². The summed E-state index contributed by atoms with van der Waals surface area (Å²) in [6.07, 6.45) is 1.72. The highest BCUT2D eigenvalue weighted by Gasteiger charge is 2.36. The number of aliphatic carboxylic acids is 1. The van der Waals surface area contributed by atoms with Crippen LogP contribution in [0.1, 0.15) is 46.5 Å². The summed E-state index contributed by atoms with van der Waals surface area (Å²) in [5.41, 5.74) is -0.927. The predicted octanol–water partition coefficient (Wildman–Crippen LogP) is 1.81. The average Bonchev–Trinajstić information content (AvgIpc) is 2.35. The minimum Gasteiger partial charge on any atom is -0.481 e. The van der Waals surface area contributed by atoms with E-state index in [2.05, 4.69) is 5.32 Å². The molecule has 0 bridgehead atoms. The van der Waals surface area contributed by atoms with E-state index in [9.17, 15) is 14.7 Å². The van der Waals surface area contributed by atoms with E-state index in [1.165, 1.54) is 0 Å². The van der Waals surface area contributed by atoms with Crippen molar-refractivity contribution in [2.24, 2.45) is 5.41 Å². The molecule has 106 valence electrons. The standard InChI is InChI=1S/C13H25NO4/c1-4-13(5-2,12(16)17)10-11(15)14-8-7-9-18-6-3/h4-10H2,1-3H3,(H,14,15)(H,16,17). The van der Waals surface area contributed by atoms with Crippen molar-refractivity contribution in [3.8, 4) is 0 Å². The maximum absolute atomic E-state index is 11.7. The van der Waals surface area contributed by atoms with E-state index in [4.69, 9.17) is 4.74 Å². The molecular formula is C13H25NO4. The van der Waals surface area contributed by atoms with Crippen LogP contribution in [0.25, 0.3) is 0 Å². The molecule has 0 fully saturated rings. The first-order chi connectivity index (χ1) is 8.52. The number of carbonyl (C=O) groups is 2. The van der Waals surface area contributed by atoms with Crippen molar-refractivity contribution in [3.05, 3.63) is 0 Å². The molecule has 18 heavy (non-hydrogen) atoms. The summed E-state index contributed by atoms with van der Waals surface area (Å²) in [4.78, 5) is 22.9. The van der Waals surface area contributed by atoms with Gasteiger partial charge in [-0.2, -0.15) is 0 Å². The molecular weight excluding hydrogens is 234 g/mol. The molecule has 0 aromatic rings. The Hall–Kier alpha value is -1.10. The summed E-state index contributed by atoms with van der Waals surface area (Å²) in [5, 5.41) is 12.0. The number of carboxylic acids is 1. The Balaban J connectivity index is 4.08. The van der Waals surface area contributed by atoms with Crippen molar-refractivity contribution in [3.63, 3.8) is 0 Å². The molecule has 2 N–H and O–H groups in total. The Labute approximate surface area is 109 Å². The van der Waals surface area contributed by atoms with Crippen LogP contribution in [0.2, 0.25) is 0 Å². The third-order valence-electron chi connectivity index (χ3n) is 3.30. The second kappa shape index (κ2) is 8.91.